The molecule has 2 heterocycles. The van der Waals surface area contributed by atoms with E-state index in [-0.39, 0.29) is 35.9 Å². The van der Waals surface area contributed by atoms with Crippen LogP contribution in [0.15, 0.2) is 53.4 Å². The van der Waals surface area contributed by atoms with Gasteiger partial charge in [0, 0.05) is 19.1 Å². The number of nitrogens with zero attached hydrogens (tertiary/aromatic N) is 2. The number of carbonyl (C=O) groups excluding carboxylic acids is 2. The molecule has 1 atom stereocenters. The number of fused-ring (bicyclic) bond motifs is 1. The van der Waals surface area contributed by atoms with Gasteiger partial charge in [0.05, 0.1) is 10.6 Å². The molecule has 1 saturated heterocycles. The van der Waals surface area contributed by atoms with Crippen molar-refractivity contribution in [3.05, 3.63) is 54.1 Å². The number of carbonyl (C=O) groups is 2. The van der Waals surface area contributed by atoms with Crippen LogP contribution in [0.2, 0.25) is 0 Å². The number of rotatable bonds is 8. The number of sulfonamides is 1. The third kappa shape index (κ3) is 5.36. The Morgan fingerprint density at radius 1 is 1.12 bits per heavy atom. The van der Waals surface area contributed by atoms with Crippen LogP contribution in [-0.4, -0.2) is 56.8 Å². The number of benzene rings is 2. The minimum atomic E-state index is -3.66. The van der Waals surface area contributed by atoms with Gasteiger partial charge >= 0.3 is 0 Å². The standard InChI is InChI=1S/C24H29N3O5S/c1-18(9-10-19-7-3-2-4-8-19)25-23(28)16-27-21-15-20(11-12-22(21)32-17-24(27)29)33(30,31)26-13-5-6-14-26/h2-4,7-8,11-12,15,18H,5-6,9-10,13-14,16-17H2,1H3,(H,25,28)/t18-/m0/s1. The number of nitrogens with one attached hydrogen (secondary N) is 1. The second-order valence-corrected chi connectivity index (χ2v) is 10.4. The normalized spacial score (nSPS) is 17.4. The zero-order valence-electron chi connectivity index (χ0n) is 18.7. The molecule has 4 rings (SSSR count). The molecule has 0 bridgehead atoms. The zero-order chi connectivity index (χ0) is 23.4. The Morgan fingerprint density at radius 3 is 2.58 bits per heavy atom. The molecule has 0 spiro atoms. The Kier molecular flexibility index (Phi) is 6.99. The van der Waals surface area contributed by atoms with Crippen LogP contribution in [0, 0.1) is 0 Å². The van der Waals surface area contributed by atoms with Gasteiger partial charge in [-0.05, 0) is 56.4 Å². The summed E-state index contributed by atoms with van der Waals surface area (Å²) in [4.78, 5) is 26.7. The highest BCUT2D eigenvalue weighted by Gasteiger charge is 2.32. The van der Waals surface area contributed by atoms with E-state index in [1.54, 1.807) is 6.07 Å². The Morgan fingerprint density at radius 2 is 1.85 bits per heavy atom. The lowest BCUT2D eigenvalue weighted by atomic mass is 10.1. The summed E-state index contributed by atoms with van der Waals surface area (Å²) in [5, 5.41) is 2.94. The van der Waals surface area contributed by atoms with Crippen molar-refractivity contribution in [2.45, 2.75) is 43.5 Å². The van der Waals surface area contributed by atoms with Gasteiger partial charge in [-0.25, -0.2) is 8.42 Å². The maximum Gasteiger partial charge on any atom is 0.265 e. The zero-order valence-corrected chi connectivity index (χ0v) is 19.5. The molecule has 33 heavy (non-hydrogen) atoms. The summed E-state index contributed by atoms with van der Waals surface area (Å²) in [5.74, 6) is -0.297. The van der Waals surface area contributed by atoms with Crippen LogP contribution in [0.4, 0.5) is 5.69 Å². The van der Waals surface area contributed by atoms with Crippen LogP contribution < -0.4 is 15.0 Å². The van der Waals surface area contributed by atoms with Crippen LogP contribution in [-0.2, 0) is 26.0 Å². The molecule has 9 heteroatoms. The van der Waals surface area contributed by atoms with E-state index >= 15 is 0 Å². The van der Waals surface area contributed by atoms with Crippen LogP contribution in [0.25, 0.3) is 0 Å². The van der Waals surface area contributed by atoms with Crippen LogP contribution in [0.1, 0.15) is 31.7 Å². The maximum absolute atomic E-state index is 13.0. The van der Waals surface area contributed by atoms with E-state index in [1.165, 1.54) is 26.9 Å². The molecule has 2 aromatic rings. The van der Waals surface area contributed by atoms with Gasteiger partial charge in [0.2, 0.25) is 15.9 Å². The molecule has 0 unspecified atom stereocenters. The molecule has 2 aliphatic heterocycles. The molecule has 2 aliphatic rings. The SMILES string of the molecule is C[C@@H](CCc1ccccc1)NC(=O)CN1C(=O)COc2ccc(S(=O)(=O)N3CCCC3)cc21. The molecular weight excluding hydrogens is 442 g/mol. The smallest absolute Gasteiger partial charge is 0.265 e. The summed E-state index contributed by atoms with van der Waals surface area (Å²) >= 11 is 0. The highest BCUT2D eigenvalue weighted by molar-refractivity contribution is 7.89. The summed E-state index contributed by atoms with van der Waals surface area (Å²) in [5.41, 5.74) is 1.50. The van der Waals surface area contributed by atoms with Crippen molar-refractivity contribution < 1.29 is 22.7 Å². The van der Waals surface area contributed by atoms with Gasteiger partial charge in [-0.15, -0.1) is 0 Å². The predicted octanol–water partition coefficient (Wildman–Crippen LogP) is 2.33. The van der Waals surface area contributed by atoms with Gasteiger partial charge in [0.25, 0.3) is 5.91 Å². The lowest BCUT2D eigenvalue weighted by Gasteiger charge is -2.30. The second-order valence-electron chi connectivity index (χ2n) is 8.50. The van der Waals surface area contributed by atoms with Gasteiger partial charge in [-0.2, -0.15) is 4.31 Å². The van der Waals surface area contributed by atoms with E-state index in [2.05, 4.69) is 5.32 Å². The average molecular weight is 472 g/mol. The third-order valence-electron chi connectivity index (χ3n) is 5.99. The summed E-state index contributed by atoms with van der Waals surface area (Å²) < 4.78 is 32.9. The number of amides is 2. The highest BCUT2D eigenvalue weighted by Crippen LogP contribution is 2.35. The number of anilines is 1. The first kappa shape index (κ1) is 23.3. The molecule has 2 aromatic carbocycles. The van der Waals surface area contributed by atoms with Gasteiger partial charge < -0.3 is 10.1 Å². The second kappa shape index (κ2) is 9.93. The molecule has 1 fully saturated rings. The van der Waals surface area contributed by atoms with Crippen molar-refractivity contribution in [1.29, 1.82) is 0 Å². The highest BCUT2D eigenvalue weighted by atomic mass is 32.2. The molecule has 0 saturated carbocycles. The van der Waals surface area contributed by atoms with Crippen molar-refractivity contribution in [2.75, 3.05) is 31.1 Å². The lowest BCUT2D eigenvalue weighted by Crippen LogP contribution is -2.47. The first-order chi connectivity index (χ1) is 15.8. The van der Waals surface area contributed by atoms with E-state index in [0.717, 1.165) is 25.7 Å². The first-order valence-corrected chi connectivity index (χ1v) is 12.7. The molecule has 1 N–H and O–H groups in total. The largest absolute Gasteiger partial charge is 0.482 e. The lowest BCUT2D eigenvalue weighted by molar-refractivity contribution is -0.125. The fourth-order valence-electron chi connectivity index (χ4n) is 4.16. The van der Waals surface area contributed by atoms with E-state index in [4.69, 9.17) is 4.74 Å². The molecule has 2 amide bonds. The van der Waals surface area contributed by atoms with Crippen LogP contribution in [0.3, 0.4) is 0 Å². The van der Waals surface area contributed by atoms with Gasteiger partial charge in [0.1, 0.15) is 12.3 Å². The number of hydrogen-bond donors (Lipinski definition) is 1. The van der Waals surface area contributed by atoms with Crippen molar-refractivity contribution in [1.82, 2.24) is 9.62 Å². The summed E-state index contributed by atoms with van der Waals surface area (Å²) in [6, 6.07) is 14.4. The van der Waals surface area contributed by atoms with Crippen LogP contribution in [0.5, 0.6) is 5.75 Å². The van der Waals surface area contributed by atoms with E-state index in [0.29, 0.717) is 24.5 Å². The quantitative estimate of drug-likeness (QED) is 0.638. The molecule has 0 aromatic heterocycles. The average Bonchev–Trinajstić information content (AvgIpc) is 3.36. The Hall–Kier alpha value is -2.91. The first-order valence-electron chi connectivity index (χ1n) is 11.3. The number of aryl methyl sites for hydroxylation is 1. The van der Waals surface area contributed by atoms with E-state index < -0.39 is 10.0 Å². The fourth-order valence-corrected chi connectivity index (χ4v) is 5.69. The number of hydrogen-bond acceptors (Lipinski definition) is 5. The number of ether oxygens (including phenoxy) is 1. The van der Waals surface area contributed by atoms with Crippen molar-refractivity contribution in [2.24, 2.45) is 0 Å². The third-order valence-corrected chi connectivity index (χ3v) is 7.89. The van der Waals surface area contributed by atoms with E-state index in [1.807, 2.05) is 37.3 Å². The minimum Gasteiger partial charge on any atom is -0.482 e. The fraction of sp³-hybridized carbons (Fsp3) is 0.417. The molecule has 0 radical (unpaired) electrons. The van der Waals surface area contributed by atoms with Crippen molar-refractivity contribution >= 4 is 27.5 Å². The monoisotopic (exact) mass is 471 g/mol. The van der Waals surface area contributed by atoms with Crippen LogP contribution >= 0.6 is 0 Å². The maximum atomic E-state index is 13.0. The minimum absolute atomic E-state index is 0.0739. The Balaban J connectivity index is 1.45. The molecular formula is C24H29N3O5S. The molecule has 0 aliphatic carbocycles. The Labute approximate surface area is 194 Å². The predicted molar refractivity (Wildman–Crippen MR) is 125 cm³/mol. The van der Waals surface area contributed by atoms with Crippen molar-refractivity contribution in [3.63, 3.8) is 0 Å². The summed E-state index contributed by atoms with van der Waals surface area (Å²) in [7, 11) is -3.66. The summed E-state index contributed by atoms with van der Waals surface area (Å²) in [6.45, 7) is 2.51. The van der Waals surface area contributed by atoms with Gasteiger partial charge in [-0.1, -0.05) is 30.3 Å². The molecule has 8 nitrogen and oxygen atoms in total. The molecule has 176 valence electrons. The topological polar surface area (TPSA) is 96.0 Å². The Bertz CT molecular complexity index is 1110. The van der Waals surface area contributed by atoms with Gasteiger partial charge in [0.15, 0.2) is 6.61 Å². The summed E-state index contributed by atoms with van der Waals surface area (Å²) in [6.07, 6.45) is 3.27. The van der Waals surface area contributed by atoms with Gasteiger partial charge in [-0.3, -0.25) is 14.5 Å². The van der Waals surface area contributed by atoms with Crippen molar-refractivity contribution in [3.8, 4) is 5.75 Å². The van der Waals surface area contributed by atoms with E-state index in [9.17, 15) is 18.0 Å².